The molecule has 0 spiro atoms. The van der Waals surface area contributed by atoms with Crippen LogP contribution in [0.4, 0.5) is 0 Å². The number of rotatable bonds is 9. The third-order valence-electron chi connectivity index (χ3n) is 6.02. The van der Waals surface area contributed by atoms with Gasteiger partial charge in [0, 0.05) is 24.4 Å². The van der Waals surface area contributed by atoms with Crippen molar-refractivity contribution in [2.24, 2.45) is 0 Å². The van der Waals surface area contributed by atoms with Crippen molar-refractivity contribution in [2.75, 3.05) is 13.2 Å². The molecule has 1 aliphatic rings. The molecule has 1 aromatic heterocycles. The molecule has 3 aromatic carbocycles. The predicted octanol–water partition coefficient (Wildman–Crippen LogP) is 4.53. The first-order chi connectivity index (χ1) is 16.7. The van der Waals surface area contributed by atoms with Gasteiger partial charge >= 0.3 is 0 Å². The fourth-order valence-electron chi connectivity index (χ4n) is 4.19. The van der Waals surface area contributed by atoms with E-state index in [0.717, 1.165) is 29.7 Å². The molecule has 34 heavy (non-hydrogen) atoms. The van der Waals surface area contributed by atoms with Gasteiger partial charge in [-0.2, -0.15) is 0 Å². The molecular weight excluding hydrogens is 426 g/mol. The summed E-state index contributed by atoms with van der Waals surface area (Å²) >= 11 is 0. The van der Waals surface area contributed by atoms with Crippen molar-refractivity contribution >= 4 is 16.8 Å². The average molecular weight is 454 g/mol. The van der Waals surface area contributed by atoms with Crippen LogP contribution in [0.25, 0.3) is 22.0 Å². The third kappa shape index (κ3) is 4.86. The Hall–Kier alpha value is -3.93. The van der Waals surface area contributed by atoms with E-state index in [-0.39, 0.29) is 23.9 Å². The van der Waals surface area contributed by atoms with Gasteiger partial charge in [-0.05, 0) is 36.6 Å². The lowest BCUT2D eigenvalue weighted by Crippen LogP contribution is -2.30. The van der Waals surface area contributed by atoms with Crippen LogP contribution in [0.3, 0.4) is 0 Å². The van der Waals surface area contributed by atoms with Gasteiger partial charge in [-0.1, -0.05) is 60.7 Å². The number of aryl methyl sites for hydroxylation is 1. The molecule has 0 saturated heterocycles. The smallest absolute Gasteiger partial charge is 0.261 e. The molecule has 6 nitrogen and oxygen atoms in total. The SMILES string of the molecule is O=C(CCc1nc2ccccc2c(=O)n1C1CC1)NCCOc1ccccc1-c1ccccc1. The Morgan fingerprint density at radius 3 is 2.53 bits per heavy atom. The predicted molar refractivity (Wildman–Crippen MR) is 133 cm³/mol. The summed E-state index contributed by atoms with van der Waals surface area (Å²) in [4.78, 5) is 30.1. The number of fused-ring (bicyclic) bond motifs is 1. The minimum atomic E-state index is -0.0790. The largest absolute Gasteiger partial charge is 0.491 e. The Morgan fingerprint density at radius 2 is 1.71 bits per heavy atom. The number of benzene rings is 3. The van der Waals surface area contributed by atoms with Crippen molar-refractivity contribution in [3.05, 3.63) is 95.0 Å². The quantitative estimate of drug-likeness (QED) is 0.378. The molecule has 0 atom stereocenters. The van der Waals surface area contributed by atoms with Gasteiger partial charge in [0.1, 0.15) is 18.2 Å². The van der Waals surface area contributed by atoms with E-state index in [1.165, 1.54) is 0 Å². The van der Waals surface area contributed by atoms with Crippen molar-refractivity contribution in [2.45, 2.75) is 31.7 Å². The fraction of sp³-hybridized carbons (Fsp3) is 0.250. The van der Waals surface area contributed by atoms with Crippen LogP contribution >= 0.6 is 0 Å². The lowest BCUT2D eigenvalue weighted by Gasteiger charge is -2.13. The first-order valence-electron chi connectivity index (χ1n) is 11.7. The monoisotopic (exact) mass is 453 g/mol. The lowest BCUT2D eigenvalue weighted by molar-refractivity contribution is -0.121. The molecule has 172 valence electrons. The third-order valence-corrected chi connectivity index (χ3v) is 6.02. The molecule has 0 unspecified atom stereocenters. The van der Waals surface area contributed by atoms with Crippen LogP contribution in [0.1, 0.15) is 31.1 Å². The van der Waals surface area contributed by atoms with Gasteiger partial charge in [-0.15, -0.1) is 0 Å². The van der Waals surface area contributed by atoms with Crippen LogP contribution in [0.2, 0.25) is 0 Å². The zero-order valence-electron chi connectivity index (χ0n) is 18.9. The number of hydrogen-bond acceptors (Lipinski definition) is 4. The molecule has 0 radical (unpaired) electrons. The number of para-hydroxylation sites is 2. The van der Waals surface area contributed by atoms with Crippen LogP contribution < -0.4 is 15.6 Å². The number of ether oxygens (including phenoxy) is 1. The van der Waals surface area contributed by atoms with Gasteiger partial charge < -0.3 is 10.1 Å². The molecule has 4 aromatic rings. The number of carbonyl (C=O) groups is 1. The van der Waals surface area contributed by atoms with Crippen molar-refractivity contribution < 1.29 is 9.53 Å². The Morgan fingerprint density at radius 1 is 0.971 bits per heavy atom. The van der Waals surface area contributed by atoms with E-state index in [4.69, 9.17) is 9.72 Å². The minimum Gasteiger partial charge on any atom is -0.491 e. The van der Waals surface area contributed by atoms with E-state index in [9.17, 15) is 9.59 Å². The summed E-state index contributed by atoms with van der Waals surface area (Å²) in [7, 11) is 0. The van der Waals surface area contributed by atoms with E-state index in [0.29, 0.717) is 36.3 Å². The zero-order chi connectivity index (χ0) is 23.3. The summed E-state index contributed by atoms with van der Waals surface area (Å²) in [5.74, 6) is 1.40. The van der Waals surface area contributed by atoms with Gasteiger partial charge in [0.2, 0.25) is 5.91 Å². The van der Waals surface area contributed by atoms with Crippen LogP contribution in [0.15, 0.2) is 83.7 Å². The van der Waals surface area contributed by atoms with Crippen LogP contribution in [0, 0.1) is 0 Å². The number of amides is 1. The number of aromatic nitrogens is 2. The Kier molecular flexibility index (Phi) is 6.38. The van der Waals surface area contributed by atoms with E-state index >= 15 is 0 Å². The second kappa shape index (κ2) is 9.91. The highest BCUT2D eigenvalue weighted by Crippen LogP contribution is 2.35. The van der Waals surface area contributed by atoms with Crippen LogP contribution in [0.5, 0.6) is 5.75 Å². The molecule has 1 fully saturated rings. The van der Waals surface area contributed by atoms with E-state index in [1.54, 1.807) is 4.57 Å². The normalized spacial score (nSPS) is 13.1. The molecule has 6 heteroatoms. The van der Waals surface area contributed by atoms with Gasteiger partial charge in [0.25, 0.3) is 5.56 Å². The summed E-state index contributed by atoms with van der Waals surface area (Å²) < 4.78 is 7.75. The van der Waals surface area contributed by atoms with Crippen LogP contribution in [-0.4, -0.2) is 28.6 Å². The number of carbonyl (C=O) groups excluding carboxylic acids is 1. The second-order valence-corrected chi connectivity index (χ2v) is 8.51. The van der Waals surface area contributed by atoms with Gasteiger partial charge in [-0.3, -0.25) is 14.2 Å². The van der Waals surface area contributed by atoms with Crippen molar-refractivity contribution in [1.29, 1.82) is 0 Å². The molecule has 1 saturated carbocycles. The average Bonchev–Trinajstić information content (AvgIpc) is 3.71. The zero-order valence-corrected chi connectivity index (χ0v) is 18.9. The van der Waals surface area contributed by atoms with E-state index in [2.05, 4.69) is 5.32 Å². The molecule has 1 heterocycles. The minimum absolute atomic E-state index is 0.00557. The highest BCUT2D eigenvalue weighted by molar-refractivity contribution is 5.78. The van der Waals surface area contributed by atoms with Crippen molar-refractivity contribution in [1.82, 2.24) is 14.9 Å². The maximum Gasteiger partial charge on any atom is 0.261 e. The number of hydrogen-bond donors (Lipinski definition) is 1. The summed E-state index contributed by atoms with van der Waals surface area (Å²) in [5.41, 5.74) is 2.79. The summed E-state index contributed by atoms with van der Waals surface area (Å²) in [6, 6.07) is 25.6. The Balaban J connectivity index is 1.17. The second-order valence-electron chi connectivity index (χ2n) is 8.51. The molecular formula is C28H27N3O3. The lowest BCUT2D eigenvalue weighted by atomic mass is 10.1. The van der Waals surface area contributed by atoms with Gasteiger partial charge in [0.15, 0.2) is 0 Å². The number of nitrogens with zero attached hydrogens (tertiary/aromatic N) is 2. The highest BCUT2D eigenvalue weighted by atomic mass is 16.5. The van der Waals surface area contributed by atoms with Gasteiger partial charge in [0.05, 0.1) is 17.4 Å². The van der Waals surface area contributed by atoms with Crippen LogP contribution in [-0.2, 0) is 11.2 Å². The summed E-state index contributed by atoms with van der Waals surface area (Å²) in [6.45, 7) is 0.777. The topological polar surface area (TPSA) is 73.2 Å². The van der Waals surface area contributed by atoms with Gasteiger partial charge in [-0.25, -0.2) is 4.98 Å². The maximum absolute atomic E-state index is 13.0. The van der Waals surface area contributed by atoms with E-state index < -0.39 is 0 Å². The van der Waals surface area contributed by atoms with Crippen molar-refractivity contribution in [3.8, 4) is 16.9 Å². The molecule has 1 N–H and O–H groups in total. The first kappa shape index (κ1) is 21.9. The summed E-state index contributed by atoms with van der Waals surface area (Å²) in [5, 5.41) is 3.55. The Labute approximate surface area is 198 Å². The van der Waals surface area contributed by atoms with E-state index in [1.807, 2.05) is 78.9 Å². The first-order valence-corrected chi connectivity index (χ1v) is 11.7. The summed E-state index contributed by atoms with van der Waals surface area (Å²) in [6.07, 6.45) is 2.68. The molecule has 1 amide bonds. The molecule has 5 rings (SSSR count). The number of nitrogens with one attached hydrogen (secondary N) is 1. The Bertz CT molecular complexity index is 1360. The molecule has 0 aliphatic heterocycles. The fourth-order valence-corrected chi connectivity index (χ4v) is 4.19. The molecule has 1 aliphatic carbocycles. The van der Waals surface area contributed by atoms with Crippen molar-refractivity contribution in [3.63, 3.8) is 0 Å². The standard InChI is InChI=1S/C28H27N3O3/c32-27(29-18-19-34-25-13-7-5-10-22(25)20-8-2-1-3-9-20)17-16-26-30-24-12-6-4-11-23(24)28(33)31(26)21-14-15-21/h1-13,21H,14-19H2,(H,29,32). The maximum atomic E-state index is 13.0. The molecule has 0 bridgehead atoms. The highest BCUT2D eigenvalue weighted by Gasteiger charge is 2.28.